The van der Waals surface area contributed by atoms with E-state index in [4.69, 9.17) is 0 Å². The van der Waals surface area contributed by atoms with Gasteiger partial charge in [0.15, 0.2) is 0 Å². The van der Waals surface area contributed by atoms with Gasteiger partial charge in [-0.15, -0.1) is 0 Å². The summed E-state index contributed by atoms with van der Waals surface area (Å²) in [5.74, 6) is 0. The number of hydrogen-bond donors (Lipinski definition) is 0. The fourth-order valence-corrected chi connectivity index (χ4v) is 8.34. The van der Waals surface area contributed by atoms with Crippen LogP contribution in [-0.2, 0) is 6.42 Å². The molecule has 0 saturated carbocycles. The number of nitriles is 1. The smallest absolute Gasteiger partial charge is 0.102 e. The summed E-state index contributed by atoms with van der Waals surface area (Å²) < 4.78 is 0. The van der Waals surface area contributed by atoms with Crippen LogP contribution < -0.4 is 9.80 Å². The molecule has 0 aromatic heterocycles. The van der Waals surface area contributed by atoms with Crippen molar-refractivity contribution in [3.63, 3.8) is 0 Å². The summed E-state index contributed by atoms with van der Waals surface area (Å²) in [4.78, 5) is 4.78. The minimum absolute atomic E-state index is 0.635. The summed E-state index contributed by atoms with van der Waals surface area (Å²) in [5, 5.41) is 18.4. The molecule has 0 unspecified atom stereocenters. The Labute approximate surface area is 303 Å². The molecule has 1 aliphatic heterocycles. The molecule has 0 amide bonds. The van der Waals surface area contributed by atoms with Gasteiger partial charge in [-0.2, -0.15) is 5.26 Å². The van der Waals surface area contributed by atoms with E-state index in [1.807, 2.05) is 30.3 Å². The van der Waals surface area contributed by atoms with Crippen LogP contribution in [0, 0.1) is 11.3 Å². The predicted molar refractivity (Wildman–Crippen MR) is 218 cm³/mol. The molecule has 1 heterocycles. The minimum Gasteiger partial charge on any atom is -0.340 e. The lowest BCUT2D eigenvalue weighted by atomic mass is 9.90. The Morgan fingerprint density at radius 1 is 0.500 bits per heavy atom. The average Bonchev–Trinajstić information content (AvgIpc) is 3.65. The van der Waals surface area contributed by atoms with Crippen molar-refractivity contribution in [2.45, 2.75) is 6.42 Å². The average molecular weight is 664 g/mol. The van der Waals surface area contributed by atoms with E-state index in [0.717, 1.165) is 57.7 Å². The van der Waals surface area contributed by atoms with Crippen molar-refractivity contribution >= 4 is 60.8 Å². The van der Waals surface area contributed by atoms with Gasteiger partial charge in [-0.25, -0.2) is 0 Å². The van der Waals surface area contributed by atoms with E-state index in [2.05, 4.69) is 161 Å². The third kappa shape index (κ3) is 4.73. The molecule has 3 heteroatoms. The number of fused-ring (bicyclic) bond motifs is 1. The molecule has 0 bridgehead atoms. The molecule has 0 saturated heterocycles. The number of benzene rings is 9. The van der Waals surface area contributed by atoms with E-state index in [1.165, 1.54) is 43.9 Å². The Balaban J connectivity index is 1.26. The van der Waals surface area contributed by atoms with E-state index in [-0.39, 0.29) is 0 Å². The Morgan fingerprint density at radius 2 is 1.12 bits per heavy atom. The van der Waals surface area contributed by atoms with Crippen molar-refractivity contribution < 1.29 is 0 Å². The molecule has 0 spiro atoms. The molecular formula is C49H33N3. The first-order valence-electron chi connectivity index (χ1n) is 17.9. The van der Waals surface area contributed by atoms with Crippen LogP contribution in [0.1, 0.15) is 11.1 Å². The van der Waals surface area contributed by atoms with Crippen molar-refractivity contribution in [2.75, 3.05) is 16.3 Å². The maximum absolute atomic E-state index is 11.0. The van der Waals surface area contributed by atoms with Crippen LogP contribution in [0.2, 0.25) is 0 Å². The summed E-state index contributed by atoms with van der Waals surface area (Å²) in [6.07, 6.45) is 1.04. The van der Waals surface area contributed by atoms with E-state index in [0.29, 0.717) is 5.56 Å². The van der Waals surface area contributed by atoms with E-state index >= 15 is 0 Å². The Morgan fingerprint density at radius 3 is 1.87 bits per heavy atom. The van der Waals surface area contributed by atoms with Gasteiger partial charge in [0, 0.05) is 39.9 Å². The second kappa shape index (κ2) is 12.2. The van der Waals surface area contributed by atoms with Crippen LogP contribution in [0.4, 0.5) is 28.4 Å². The van der Waals surface area contributed by atoms with Gasteiger partial charge in [0.1, 0.15) is 6.07 Å². The van der Waals surface area contributed by atoms with Gasteiger partial charge in [-0.1, -0.05) is 133 Å². The molecule has 3 nitrogen and oxygen atoms in total. The zero-order valence-electron chi connectivity index (χ0n) is 28.5. The molecule has 0 atom stereocenters. The first-order valence-corrected chi connectivity index (χ1v) is 17.9. The van der Waals surface area contributed by atoms with Gasteiger partial charge >= 0.3 is 0 Å². The fourth-order valence-electron chi connectivity index (χ4n) is 8.34. The van der Waals surface area contributed by atoms with Gasteiger partial charge in [-0.05, 0) is 92.7 Å². The number of para-hydroxylation sites is 2. The Kier molecular flexibility index (Phi) is 7.01. The highest BCUT2D eigenvalue weighted by atomic mass is 15.2. The van der Waals surface area contributed by atoms with Crippen LogP contribution in [0.15, 0.2) is 176 Å². The van der Waals surface area contributed by atoms with Crippen LogP contribution in [0.3, 0.4) is 0 Å². The van der Waals surface area contributed by atoms with Crippen LogP contribution in [0.25, 0.3) is 54.6 Å². The van der Waals surface area contributed by atoms with Gasteiger partial charge in [-0.3, -0.25) is 0 Å². The maximum Gasteiger partial charge on any atom is 0.102 e. The summed E-state index contributed by atoms with van der Waals surface area (Å²) in [6, 6.07) is 65.2. The van der Waals surface area contributed by atoms with Crippen molar-refractivity contribution in [2.24, 2.45) is 0 Å². The van der Waals surface area contributed by atoms with E-state index in [1.54, 1.807) is 0 Å². The zero-order valence-corrected chi connectivity index (χ0v) is 28.5. The molecule has 0 aliphatic carbocycles. The summed E-state index contributed by atoms with van der Waals surface area (Å²) in [7, 11) is 0. The number of rotatable bonds is 6. The molecular weight excluding hydrogens is 631 g/mol. The molecule has 0 fully saturated rings. The molecule has 52 heavy (non-hydrogen) atoms. The van der Waals surface area contributed by atoms with Crippen molar-refractivity contribution in [3.8, 4) is 28.3 Å². The molecule has 0 N–H and O–H groups in total. The van der Waals surface area contributed by atoms with Crippen LogP contribution in [-0.4, -0.2) is 6.54 Å². The lowest BCUT2D eigenvalue weighted by Crippen LogP contribution is -2.14. The monoisotopic (exact) mass is 663 g/mol. The number of hydrogen-bond acceptors (Lipinski definition) is 3. The summed E-state index contributed by atoms with van der Waals surface area (Å²) in [6.45, 7) is 0.967. The van der Waals surface area contributed by atoms with Crippen molar-refractivity contribution in [3.05, 3.63) is 187 Å². The first kappa shape index (κ1) is 30.0. The lowest BCUT2D eigenvalue weighted by Gasteiger charge is -2.30. The second-order valence-electron chi connectivity index (χ2n) is 13.6. The molecule has 9 aromatic rings. The SMILES string of the molecule is N#Cc1c(-c2ccccc2)cc(-c2ccccc2)cc1N(c1ccccc1)c1ccc2ccc3c(N4CCc5ccccc54)ccc4ccc1c2c43. The normalized spacial score (nSPS) is 12.4. The molecule has 1 aliphatic rings. The zero-order chi connectivity index (χ0) is 34.6. The fraction of sp³-hybridized carbons (Fsp3) is 0.0408. The second-order valence-corrected chi connectivity index (χ2v) is 13.6. The highest BCUT2D eigenvalue weighted by Gasteiger charge is 2.26. The molecule has 9 aromatic carbocycles. The topological polar surface area (TPSA) is 30.3 Å². The largest absolute Gasteiger partial charge is 0.340 e. The Hall–Kier alpha value is -6.89. The number of nitrogens with zero attached hydrogens (tertiary/aromatic N) is 3. The van der Waals surface area contributed by atoms with E-state index < -0.39 is 0 Å². The third-order valence-electron chi connectivity index (χ3n) is 10.7. The molecule has 0 radical (unpaired) electrons. The lowest BCUT2D eigenvalue weighted by molar-refractivity contribution is 1.00. The van der Waals surface area contributed by atoms with Gasteiger partial charge < -0.3 is 9.80 Å². The predicted octanol–water partition coefficient (Wildman–Crippen LogP) is 13.0. The third-order valence-corrected chi connectivity index (χ3v) is 10.7. The molecule has 244 valence electrons. The maximum atomic E-state index is 11.0. The summed E-state index contributed by atoms with van der Waals surface area (Å²) >= 11 is 0. The standard InChI is InChI=1S/C49H33N3/c50-32-43-42(34-14-6-2-7-15-34)30-38(33-12-4-1-5-13-33)31-47(43)52(39-17-8-3-9-18-39)46-27-23-37-20-24-40-45(51-29-28-35-16-10-11-19-44(35)51)26-22-36-21-25-41(46)49(37)48(36)40/h1-27,30-31H,28-29H2. The Bertz CT molecular complexity index is 2800. The van der Waals surface area contributed by atoms with Crippen molar-refractivity contribution in [1.82, 2.24) is 0 Å². The van der Waals surface area contributed by atoms with E-state index in [9.17, 15) is 5.26 Å². The van der Waals surface area contributed by atoms with Crippen molar-refractivity contribution in [1.29, 1.82) is 5.26 Å². The quantitative estimate of drug-likeness (QED) is 0.166. The minimum atomic E-state index is 0.635. The van der Waals surface area contributed by atoms with Crippen LogP contribution >= 0.6 is 0 Å². The number of anilines is 5. The van der Waals surface area contributed by atoms with Gasteiger partial charge in [0.2, 0.25) is 0 Å². The van der Waals surface area contributed by atoms with Gasteiger partial charge in [0.05, 0.1) is 16.9 Å². The summed E-state index contributed by atoms with van der Waals surface area (Å²) in [5.41, 5.74) is 11.5. The first-order chi connectivity index (χ1) is 25.8. The molecule has 10 rings (SSSR count). The van der Waals surface area contributed by atoms with Crippen LogP contribution in [0.5, 0.6) is 0 Å². The highest BCUT2D eigenvalue weighted by molar-refractivity contribution is 6.28. The highest BCUT2D eigenvalue weighted by Crippen LogP contribution is 2.49. The van der Waals surface area contributed by atoms with Gasteiger partial charge in [0.25, 0.3) is 0 Å².